The van der Waals surface area contributed by atoms with Crippen LogP contribution in [0.5, 0.6) is 5.75 Å². The van der Waals surface area contributed by atoms with Crippen molar-refractivity contribution in [1.29, 1.82) is 0 Å². The second kappa shape index (κ2) is 10.9. The Morgan fingerprint density at radius 3 is 2.43 bits per heavy atom. The maximum Gasteiger partial charge on any atom is 0.336 e. The van der Waals surface area contributed by atoms with E-state index in [4.69, 9.17) is 13.9 Å². The second-order valence-corrected chi connectivity index (χ2v) is 10.2. The third-order valence-electron chi connectivity index (χ3n) is 5.90. The molecule has 0 spiro atoms. The lowest BCUT2D eigenvalue weighted by Gasteiger charge is -2.19. The highest BCUT2D eigenvalue weighted by molar-refractivity contribution is 7.89. The maximum absolute atomic E-state index is 12.9. The molecule has 184 valence electrons. The average molecular weight is 498 g/mol. The van der Waals surface area contributed by atoms with Gasteiger partial charge in [-0.3, -0.25) is 0 Å². The molecule has 1 fully saturated rings. The summed E-state index contributed by atoms with van der Waals surface area (Å²) in [6, 6.07) is 12.7. The Kier molecular flexibility index (Phi) is 7.67. The van der Waals surface area contributed by atoms with E-state index in [0.717, 1.165) is 25.7 Å². The van der Waals surface area contributed by atoms with Crippen molar-refractivity contribution in [3.05, 3.63) is 76.2 Å². The van der Waals surface area contributed by atoms with Crippen molar-refractivity contribution < 1.29 is 27.1 Å². The number of carbonyl (C=O) groups is 1. The Bertz CT molecular complexity index is 1380. The minimum absolute atomic E-state index is 0.107. The number of benzene rings is 2. The number of hydrogen-bond donors (Lipinski definition) is 0. The maximum atomic E-state index is 12.9. The van der Waals surface area contributed by atoms with Gasteiger partial charge in [-0.15, -0.1) is 0 Å². The number of ether oxygens (including phenoxy) is 2. The lowest BCUT2D eigenvalue weighted by atomic mass is 10.1. The quantitative estimate of drug-likeness (QED) is 0.275. The van der Waals surface area contributed by atoms with Crippen LogP contribution in [0.25, 0.3) is 17.0 Å². The summed E-state index contributed by atoms with van der Waals surface area (Å²) >= 11 is 0. The van der Waals surface area contributed by atoms with Gasteiger partial charge in [0.2, 0.25) is 10.0 Å². The summed E-state index contributed by atoms with van der Waals surface area (Å²) in [6.45, 7) is 0.981. The fraction of sp³-hybridized carbons (Fsp3) is 0.308. The van der Waals surface area contributed by atoms with Gasteiger partial charge < -0.3 is 13.9 Å². The number of nitrogens with zero attached hydrogens (tertiary/aromatic N) is 1. The summed E-state index contributed by atoms with van der Waals surface area (Å²) in [5.41, 5.74) is 0.967. The molecule has 0 aliphatic carbocycles. The topological polar surface area (TPSA) is 103 Å². The van der Waals surface area contributed by atoms with E-state index in [9.17, 15) is 18.0 Å². The normalized spacial score (nSPS) is 15.2. The molecule has 2 aromatic carbocycles. The number of rotatable bonds is 7. The standard InChI is InChI=1S/C26H27NO7S/c1-32-21-9-12-23-20(16-26(29)34-24(23)17-21)18-33-25(28)13-8-19-6-10-22(11-7-19)35(30,31)27-14-4-2-3-5-15-27/h6-13,16-17H,2-5,14-15,18H2,1H3. The molecule has 8 nitrogen and oxygen atoms in total. The van der Waals surface area contributed by atoms with Gasteiger partial charge >= 0.3 is 11.6 Å². The van der Waals surface area contributed by atoms with Gasteiger partial charge in [0.1, 0.15) is 17.9 Å². The fourth-order valence-corrected chi connectivity index (χ4v) is 5.52. The smallest absolute Gasteiger partial charge is 0.336 e. The monoisotopic (exact) mass is 497 g/mol. The molecule has 35 heavy (non-hydrogen) atoms. The summed E-state index contributed by atoms with van der Waals surface area (Å²) in [5, 5.41) is 0.642. The second-order valence-electron chi connectivity index (χ2n) is 8.28. The molecule has 1 aromatic heterocycles. The van der Waals surface area contributed by atoms with E-state index in [-0.39, 0.29) is 11.5 Å². The SMILES string of the molecule is COc1ccc2c(COC(=O)C=Cc3ccc(S(=O)(=O)N4CCCCCC4)cc3)cc(=O)oc2c1. The third kappa shape index (κ3) is 5.98. The van der Waals surface area contributed by atoms with Crippen molar-refractivity contribution in [2.45, 2.75) is 37.2 Å². The molecule has 0 amide bonds. The van der Waals surface area contributed by atoms with Gasteiger partial charge in [0.25, 0.3) is 0 Å². The van der Waals surface area contributed by atoms with Crippen LogP contribution in [0.4, 0.5) is 0 Å². The molecule has 9 heteroatoms. The first kappa shape index (κ1) is 24.7. The van der Waals surface area contributed by atoms with Crippen LogP contribution in [0.15, 0.2) is 68.7 Å². The van der Waals surface area contributed by atoms with Crippen LogP contribution in [-0.4, -0.2) is 38.9 Å². The Labute approximate surface area is 203 Å². The molecular formula is C26H27NO7S. The predicted molar refractivity (Wildman–Crippen MR) is 132 cm³/mol. The van der Waals surface area contributed by atoms with Crippen LogP contribution in [0, 0.1) is 0 Å². The van der Waals surface area contributed by atoms with Crippen molar-refractivity contribution in [2.24, 2.45) is 0 Å². The number of esters is 1. The van der Waals surface area contributed by atoms with Crippen LogP contribution in [0.2, 0.25) is 0 Å². The molecule has 4 rings (SSSR count). The summed E-state index contributed by atoms with van der Waals surface area (Å²) in [4.78, 5) is 24.4. The zero-order valence-corrected chi connectivity index (χ0v) is 20.3. The summed E-state index contributed by atoms with van der Waals surface area (Å²) in [7, 11) is -2.01. The molecule has 1 saturated heterocycles. The van der Waals surface area contributed by atoms with Gasteiger partial charge in [-0.25, -0.2) is 18.0 Å². The van der Waals surface area contributed by atoms with E-state index in [0.29, 0.717) is 40.9 Å². The number of carbonyl (C=O) groups excluding carboxylic acids is 1. The van der Waals surface area contributed by atoms with E-state index in [1.54, 1.807) is 52.8 Å². The molecule has 0 atom stereocenters. The van der Waals surface area contributed by atoms with Crippen molar-refractivity contribution in [1.82, 2.24) is 4.31 Å². The highest BCUT2D eigenvalue weighted by Crippen LogP contribution is 2.23. The summed E-state index contributed by atoms with van der Waals surface area (Å²) in [6.07, 6.45) is 6.66. The molecule has 0 radical (unpaired) electrons. The Hall–Kier alpha value is -3.43. The number of sulfonamides is 1. The van der Waals surface area contributed by atoms with E-state index in [2.05, 4.69) is 0 Å². The lowest BCUT2D eigenvalue weighted by molar-refractivity contribution is -0.138. The number of methoxy groups -OCH3 is 1. The fourth-order valence-electron chi connectivity index (χ4n) is 4.00. The molecule has 0 saturated carbocycles. The Morgan fingerprint density at radius 1 is 1.03 bits per heavy atom. The Balaban J connectivity index is 1.40. The van der Waals surface area contributed by atoms with Gasteiger partial charge in [0.15, 0.2) is 0 Å². The van der Waals surface area contributed by atoms with E-state index < -0.39 is 21.6 Å². The van der Waals surface area contributed by atoms with Crippen LogP contribution < -0.4 is 10.4 Å². The zero-order valence-electron chi connectivity index (χ0n) is 19.4. The van der Waals surface area contributed by atoms with E-state index >= 15 is 0 Å². The molecule has 1 aliphatic rings. The lowest BCUT2D eigenvalue weighted by Crippen LogP contribution is -2.31. The van der Waals surface area contributed by atoms with Crippen LogP contribution >= 0.6 is 0 Å². The van der Waals surface area contributed by atoms with E-state index in [1.807, 2.05) is 0 Å². The van der Waals surface area contributed by atoms with Gasteiger partial charge in [-0.2, -0.15) is 4.31 Å². The van der Waals surface area contributed by atoms with Gasteiger partial charge in [0.05, 0.1) is 12.0 Å². The average Bonchev–Trinajstić information content (AvgIpc) is 3.16. The third-order valence-corrected chi connectivity index (χ3v) is 7.81. The van der Waals surface area contributed by atoms with Crippen molar-refractivity contribution in [2.75, 3.05) is 20.2 Å². The van der Waals surface area contributed by atoms with Crippen LogP contribution in [-0.2, 0) is 26.2 Å². The van der Waals surface area contributed by atoms with Gasteiger partial charge in [0, 0.05) is 42.2 Å². The van der Waals surface area contributed by atoms with Crippen LogP contribution in [0.1, 0.15) is 36.8 Å². The largest absolute Gasteiger partial charge is 0.497 e. The van der Waals surface area contributed by atoms with Crippen molar-refractivity contribution >= 4 is 33.0 Å². The first-order valence-electron chi connectivity index (χ1n) is 11.4. The first-order valence-corrected chi connectivity index (χ1v) is 12.9. The minimum Gasteiger partial charge on any atom is -0.497 e. The molecule has 0 N–H and O–H groups in total. The summed E-state index contributed by atoms with van der Waals surface area (Å²) < 4.78 is 43.0. The number of fused-ring (bicyclic) bond motifs is 1. The summed E-state index contributed by atoms with van der Waals surface area (Å²) in [5.74, 6) is -0.0517. The van der Waals surface area contributed by atoms with Crippen molar-refractivity contribution in [3.8, 4) is 5.75 Å². The molecule has 0 unspecified atom stereocenters. The molecular weight excluding hydrogens is 470 g/mol. The minimum atomic E-state index is -3.52. The van der Waals surface area contributed by atoms with Gasteiger partial charge in [-0.1, -0.05) is 25.0 Å². The highest BCUT2D eigenvalue weighted by Gasteiger charge is 2.24. The number of hydrogen-bond acceptors (Lipinski definition) is 7. The van der Waals surface area contributed by atoms with Gasteiger partial charge in [-0.05, 0) is 48.7 Å². The molecule has 1 aliphatic heterocycles. The van der Waals surface area contributed by atoms with Crippen LogP contribution in [0.3, 0.4) is 0 Å². The van der Waals surface area contributed by atoms with Crippen molar-refractivity contribution in [3.63, 3.8) is 0 Å². The highest BCUT2D eigenvalue weighted by atomic mass is 32.2. The van der Waals surface area contributed by atoms with E-state index in [1.165, 1.54) is 19.3 Å². The molecule has 0 bridgehead atoms. The predicted octanol–water partition coefficient (Wildman–Crippen LogP) is 4.12. The zero-order chi connectivity index (χ0) is 24.8. The Morgan fingerprint density at radius 2 is 1.74 bits per heavy atom. The first-order chi connectivity index (χ1) is 16.9. The molecule has 2 heterocycles. The molecule has 3 aromatic rings.